The molecule has 1 heterocycles. The summed E-state index contributed by atoms with van der Waals surface area (Å²) < 4.78 is 0. The predicted octanol–water partition coefficient (Wildman–Crippen LogP) is 3.45. The first-order valence-corrected chi connectivity index (χ1v) is 6.91. The van der Waals surface area contributed by atoms with Crippen molar-refractivity contribution in [1.82, 2.24) is 4.98 Å². The standard InChI is InChI=1S/C13H22N2O2S/c1-8-9(2)18-12(14-8)15-10(6-11(16)17)7-13(3,4)5/h10H,6-7H2,1-5H3,(H,14,15)(H,16,17). The molecule has 0 fully saturated rings. The SMILES string of the molecule is Cc1nc(NC(CC(=O)O)CC(C)(C)C)sc1C. The van der Waals surface area contributed by atoms with E-state index in [0.717, 1.165) is 17.2 Å². The predicted molar refractivity (Wildman–Crippen MR) is 75.3 cm³/mol. The van der Waals surface area contributed by atoms with E-state index in [9.17, 15) is 4.79 Å². The lowest BCUT2D eigenvalue weighted by molar-refractivity contribution is -0.137. The Kier molecular flexibility index (Phi) is 4.73. The molecule has 0 spiro atoms. The molecule has 1 aromatic rings. The lowest BCUT2D eigenvalue weighted by Gasteiger charge is -2.25. The Labute approximate surface area is 112 Å². The molecule has 4 nitrogen and oxygen atoms in total. The molecular weight excluding hydrogens is 248 g/mol. The molecule has 1 rings (SSSR count). The Hall–Kier alpha value is -1.10. The number of hydrogen-bond acceptors (Lipinski definition) is 4. The second-order valence-corrected chi connectivity index (χ2v) is 7.07. The fourth-order valence-corrected chi connectivity index (χ4v) is 2.72. The summed E-state index contributed by atoms with van der Waals surface area (Å²) in [4.78, 5) is 16.5. The molecule has 0 bridgehead atoms. The number of nitrogens with zero attached hydrogens (tertiary/aromatic N) is 1. The molecular formula is C13H22N2O2S. The van der Waals surface area contributed by atoms with Gasteiger partial charge in [0.25, 0.3) is 0 Å². The Morgan fingerprint density at radius 1 is 1.44 bits per heavy atom. The minimum absolute atomic E-state index is 0.0764. The second-order valence-electron chi connectivity index (χ2n) is 5.86. The van der Waals surface area contributed by atoms with Crippen LogP contribution in [0.2, 0.25) is 0 Å². The fourth-order valence-electron chi connectivity index (χ4n) is 1.83. The maximum atomic E-state index is 10.9. The molecule has 0 saturated heterocycles. The van der Waals surface area contributed by atoms with Gasteiger partial charge in [-0.15, -0.1) is 11.3 Å². The number of hydrogen-bond donors (Lipinski definition) is 2. The van der Waals surface area contributed by atoms with Crippen molar-refractivity contribution in [2.75, 3.05) is 5.32 Å². The quantitative estimate of drug-likeness (QED) is 0.860. The smallest absolute Gasteiger partial charge is 0.305 e. The van der Waals surface area contributed by atoms with Crippen molar-refractivity contribution in [3.63, 3.8) is 0 Å². The van der Waals surface area contributed by atoms with Gasteiger partial charge in [0, 0.05) is 10.9 Å². The van der Waals surface area contributed by atoms with Crippen LogP contribution in [0.4, 0.5) is 5.13 Å². The molecule has 0 aliphatic carbocycles. The van der Waals surface area contributed by atoms with Crippen LogP contribution in [-0.2, 0) is 4.79 Å². The van der Waals surface area contributed by atoms with E-state index in [4.69, 9.17) is 5.11 Å². The van der Waals surface area contributed by atoms with Gasteiger partial charge in [0.05, 0.1) is 12.1 Å². The van der Waals surface area contributed by atoms with Gasteiger partial charge in [-0.05, 0) is 25.7 Å². The van der Waals surface area contributed by atoms with Crippen molar-refractivity contribution in [1.29, 1.82) is 0 Å². The molecule has 1 unspecified atom stereocenters. The number of aromatic nitrogens is 1. The Morgan fingerprint density at radius 3 is 2.44 bits per heavy atom. The zero-order valence-corrected chi connectivity index (χ0v) is 12.5. The van der Waals surface area contributed by atoms with E-state index in [-0.39, 0.29) is 17.9 Å². The van der Waals surface area contributed by atoms with Crippen molar-refractivity contribution in [2.45, 2.75) is 53.5 Å². The number of aryl methyl sites for hydroxylation is 2. The summed E-state index contributed by atoms with van der Waals surface area (Å²) in [6.07, 6.45) is 0.923. The van der Waals surface area contributed by atoms with Crippen LogP contribution in [0, 0.1) is 19.3 Å². The van der Waals surface area contributed by atoms with Crippen molar-refractivity contribution in [3.8, 4) is 0 Å². The number of thiazole rings is 1. The Balaban J connectivity index is 2.74. The summed E-state index contributed by atoms with van der Waals surface area (Å²) in [5.74, 6) is -0.776. The highest BCUT2D eigenvalue weighted by atomic mass is 32.1. The summed E-state index contributed by atoms with van der Waals surface area (Å²) in [6.45, 7) is 10.3. The van der Waals surface area contributed by atoms with E-state index >= 15 is 0 Å². The van der Waals surface area contributed by atoms with Gasteiger partial charge in [0.2, 0.25) is 0 Å². The normalized spacial score (nSPS) is 13.4. The first kappa shape index (κ1) is 15.0. The monoisotopic (exact) mass is 270 g/mol. The summed E-state index contributed by atoms with van der Waals surface area (Å²) in [5.41, 5.74) is 1.10. The van der Waals surface area contributed by atoms with Crippen LogP contribution in [0.1, 0.15) is 44.2 Å². The van der Waals surface area contributed by atoms with E-state index in [0.29, 0.717) is 0 Å². The molecule has 102 valence electrons. The van der Waals surface area contributed by atoms with Crippen LogP contribution in [0.3, 0.4) is 0 Å². The number of aliphatic carboxylic acids is 1. The highest BCUT2D eigenvalue weighted by Crippen LogP contribution is 2.27. The van der Waals surface area contributed by atoms with Gasteiger partial charge in [0.15, 0.2) is 5.13 Å². The molecule has 2 N–H and O–H groups in total. The van der Waals surface area contributed by atoms with Crippen molar-refractivity contribution in [3.05, 3.63) is 10.6 Å². The van der Waals surface area contributed by atoms with E-state index in [1.54, 1.807) is 11.3 Å². The first-order valence-electron chi connectivity index (χ1n) is 6.10. The first-order chi connectivity index (χ1) is 8.17. The van der Waals surface area contributed by atoms with Crippen LogP contribution in [-0.4, -0.2) is 22.1 Å². The van der Waals surface area contributed by atoms with Crippen molar-refractivity contribution < 1.29 is 9.90 Å². The number of rotatable bonds is 5. The number of carboxylic acids is 1. The Morgan fingerprint density at radius 2 is 2.06 bits per heavy atom. The summed E-state index contributed by atoms with van der Waals surface area (Å²) >= 11 is 1.58. The average molecular weight is 270 g/mol. The molecule has 0 amide bonds. The zero-order valence-electron chi connectivity index (χ0n) is 11.7. The van der Waals surface area contributed by atoms with Crippen molar-refractivity contribution in [2.24, 2.45) is 5.41 Å². The van der Waals surface area contributed by atoms with Crippen LogP contribution in [0.25, 0.3) is 0 Å². The van der Waals surface area contributed by atoms with Gasteiger partial charge in [-0.2, -0.15) is 0 Å². The van der Waals surface area contributed by atoms with Crippen LogP contribution in [0.15, 0.2) is 0 Å². The van der Waals surface area contributed by atoms with Crippen LogP contribution >= 0.6 is 11.3 Å². The van der Waals surface area contributed by atoms with Gasteiger partial charge in [-0.1, -0.05) is 20.8 Å². The molecule has 0 aromatic carbocycles. The largest absolute Gasteiger partial charge is 0.481 e. The van der Waals surface area contributed by atoms with Gasteiger partial charge in [0.1, 0.15) is 0 Å². The third kappa shape index (κ3) is 5.04. The maximum Gasteiger partial charge on any atom is 0.305 e. The highest BCUT2D eigenvalue weighted by Gasteiger charge is 2.22. The molecule has 0 saturated carbocycles. The lowest BCUT2D eigenvalue weighted by Crippen LogP contribution is -2.28. The maximum absolute atomic E-state index is 10.9. The molecule has 5 heteroatoms. The average Bonchev–Trinajstić information content (AvgIpc) is 2.40. The molecule has 0 aliphatic heterocycles. The number of anilines is 1. The Bertz CT molecular complexity index is 402. The highest BCUT2D eigenvalue weighted by molar-refractivity contribution is 7.15. The van der Waals surface area contributed by atoms with E-state index < -0.39 is 5.97 Å². The minimum atomic E-state index is -0.776. The number of nitrogens with one attached hydrogen (secondary N) is 1. The van der Waals surface area contributed by atoms with Crippen LogP contribution < -0.4 is 5.32 Å². The fraction of sp³-hybridized carbons (Fsp3) is 0.692. The second kappa shape index (κ2) is 5.69. The number of carbonyl (C=O) groups is 1. The van der Waals surface area contributed by atoms with Crippen LogP contribution in [0.5, 0.6) is 0 Å². The molecule has 1 atom stereocenters. The molecule has 0 aliphatic rings. The zero-order chi connectivity index (χ0) is 13.9. The third-order valence-corrected chi connectivity index (χ3v) is 3.64. The van der Waals surface area contributed by atoms with E-state index in [1.807, 2.05) is 13.8 Å². The van der Waals surface area contributed by atoms with Gasteiger partial charge >= 0.3 is 5.97 Å². The third-order valence-electron chi connectivity index (χ3n) is 2.64. The molecule has 1 aromatic heterocycles. The van der Waals surface area contributed by atoms with E-state index in [2.05, 4.69) is 31.1 Å². The van der Waals surface area contributed by atoms with Gasteiger partial charge in [-0.25, -0.2) is 4.98 Å². The summed E-state index contributed by atoms with van der Waals surface area (Å²) in [7, 11) is 0. The molecule has 18 heavy (non-hydrogen) atoms. The van der Waals surface area contributed by atoms with E-state index in [1.165, 1.54) is 4.88 Å². The van der Waals surface area contributed by atoms with Gasteiger partial charge < -0.3 is 10.4 Å². The van der Waals surface area contributed by atoms with Gasteiger partial charge in [-0.3, -0.25) is 4.79 Å². The summed E-state index contributed by atoms with van der Waals surface area (Å²) in [6, 6.07) is -0.0764. The van der Waals surface area contributed by atoms with Crippen molar-refractivity contribution >= 4 is 22.4 Å². The lowest BCUT2D eigenvalue weighted by atomic mass is 9.87. The molecule has 0 radical (unpaired) electrons. The topological polar surface area (TPSA) is 62.2 Å². The minimum Gasteiger partial charge on any atom is -0.481 e. The summed E-state index contributed by atoms with van der Waals surface area (Å²) in [5, 5.41) is 13.0. The number of carboxylic acid groups (broad SMARTS) is 1.